The fourth-order valence-electron chi connectivity index (χ4n) is 1.89. The molecule has 6 nitrogen and oxygen atoms in total. The number of aromatic nitrogens is 2. The van der Waals surface area contributed by atoms with Gasteiger partial charge in [0.1, 0.15) is 5.82 Å². The second kappa shape index (κ2) is 4.99. The number of anilines is 2. The number of nitrogens with zero attached hydrogens (tertiary/aromatic N) is 4. The van der Waals surface area contributed by atoms with Gasteiger partial charge in [0.25, 0.3) is 0 Å². The van der Waals surface area contributed by atoms with Crippen LogP contribution in [0.25, 0.3) is 0 Å². The van der Waals surface area contributed by atoms with Gasteiger partial charge in [0.15, 0.2) is 5.82 Å². The Balaban J connectivity index is 1.93. The SMILES string of the molecule is CN(CC(=O)N1CCCC1)c1ccc(N)nn1. The molecule has 0 unspecified atom stereocenters. The van der Waals surface area contributed by atoms with Gasteiger partial charge in [0, 0.05) is 20.1 Å². The summed E-state index contributed by atoms with van der Waals surface area (Å²) in [5, 5.41) is 7.70. The third-order valence-corrected chi connectivity index (χ3v) is 2.89. The van der Waals surface area contributed by atoms with Gasteiger partial charge in [-0.15, -0.1) is 10.2 Å². The zero-order chi connectivity index (χ0) is 12.3. The molecule has 1 aliphatic rings. The largest absolute Gasteiger partial charge is 0.382 e. The van der Waals surface area contributed by atoms with Gasteiger partial charge in [0.2, 0.25) is 5.91 Å². The number of hydrogen-bond acceptors (Lipinski definition) is 5. The van der Waals surface area contributed by atoms with E-state index in [-0.39, 0.29) is 5.91 Å². The fraction of sp³-hybridized carbons (Fsp3) is 0.545. The van der Waals surface area contributed by atoms with E-state index in [9.17, 15) is 4.79 Å². The first-order valence-corrected chi connectivity index (χ1v) is 5.75. The van der Waals surface area contributed by atoms with Crippen molar-refractivity contribution in [3.8, 4) is 0 Å². The highest BCUT2D eigenvalue weighted by atomic mass is 16.2. The normalized spacial score (nSPS) is 15.0. The Morgan fingerprint density at radius 2 is 2.12 bits per heavy atom. The Morgan fingerprint density at radius 3 is 2.71 bits per heavy atom. The van der Waals surface area contributed by atoms with E-state index in [2.05, 4.69) is 10.2 Å². The van der Waals surface area contributed by atoms with Crippen molar-refractivity contribution < 1.29 is 4.79 Å². The first-order chi connectivity index (χ1) is 8.16. The first kappa shape index (κ1) is 11.6. The monoisotopic (exact) mass is 235 g/mol. The van der Waals surface area contributed by atoms with Crippen LogP contribution < -0.4 is 10.6 Å². The van der Waals surface area contributed by atoms with E-state index < -0.39 is 0 Å². The second-order valence-corrected chi connectivity index (χ2v) is 4.26. The maximum Gasteiger partial charge on any atom is 0.242 e. The van der Waals surface area contributed by atoms with E-state index >= 15 is 0 Å². The molecule has 6 heteroatoms. The van der Waals surface area contributed by atoms with Crippen LogP contribution >= 0.6 is 0 Å². The average Bonchev–Trinajstić information content (AvgIpc) is 2.83. The van der Waals surface area contributed by atoms with E-state index in [1.807, 2.05) is 11.9 Å². The lowest BCUT2D eigenvalue weighted by Gasteiger charge is -2.21. The maximum atomic E-state index is 11.9. The highest BCUT2D eigenvalue weighted by Crippen LogP contribution is 2.11. The Kier molecular flexibility index (Phi) is 3.41. The van der Waals surface area contributed by atoms with E-state index in [0.29, 0.717) is 18.2 Å². The van der Waals surface area contributed by atoms with Crippen LogP contribution in [-0.4, -0.2) is 47.7 Å². The molecule has 1 saturated heterocycles. The lowest BCUT2D eigenvalue weighted by Crippen LogP contribution is -2.37. The van der Waals surface area contributed by atoms with Gasteiger partial charge in [-0.3, -0.25) is 4.79 Å². The summed E-state index contributed by atoms with van der Waals surface area (Å²) in [6, 6.07) is 3.44. The van der Waals surface area contributed by atoms with Crippen LogP contribution in [0.1, 0.15) is 12.8 Å². The summed E-state index contributed by atoms with van der Waals surface area (Å²) < 4.78 is 0. The van der Waals surface area contributed by atoms with E-state index in [4.69, 9.17) is 5.73 Å². The summed E-state index contributed by atoms with van der Waals surface area (Å²) in [6.45, 7) is 2.08. The zero-order valence-corrected chi connectivity index (χ0v) is 9.96. The smallest absolute Gasteiger partial charge is 0.242 e. The summed E-state index contributed by atoms with van der Waals surface area (Å²) in [7, 11) is 1.83. The molecular weight excluding hydrogens is 218 g/mol. The van der Waals surface area contributed by atoms with Gasteiger partial charge in [0.05, 0.1) is 6.54 Å². The van der Waals surface area contributed by atoms with Gasteiger partial charge in [-0.1, -0.05) is 0 Å². The Hall–Kier alpha value is -1.85. The predicted molar refractivity (Wildman–Crippen MR) is 65.5 cm³/mol. The van der Waals surface area contributed by atoms with E-state index in [1.54, 1.807) is 17.0 Å². The number of likely N-dealkylation sites (N-methyl/N-ethyl adjacent to an activating group) is 1. The Morgan fingerprint density at radius 1 is 1.41 bits per heavy atom. The number of nitrogen functional groups attached to an aromatic ring is 1. The zero-order valence-electron chi connectivity index (χ0n) is 9.96. The van der Waals surface area contributed by atoms with Gasteiger partial charge in [-0.05, 0) is 25.0 Å². The third-order valence-electron chi connectivity index (χ3n) is 2.89. The molecule has 1 aliphatic heterocycles. The molecule has 0 saturated carbocycles. The van der Waals surface area contributed by atoms with Crippen LogP contribution in [0.2, 0.25) is 0 Å². The van der Waals surface area contributed by atoms with Gasteiger partial charge in [-0.2, -0.15) is 0 Å². The lowest BCUT2D eigenvalue weighted by molar-refractivity contribution is -0.128. The number of carbonyl (C=O) groups is 1. The molecule has 1 aromatic heterocycles. The summed E-state index contributed by atoms with van der Waals surface area (Å²) in [4.78, 5) is 15.6. The fourth-order valence-corrected chi connectivity index (χ4v) is 1.89. The summed E-state index contributed by atoms with van der Waals surface area (Å²) in [5.41, 5.74) is 5.46. The van der Waals surface area contributed by atoms with Gasteiger partial charge in [-0.25, -0.2) is 0 Å². The minimum atomic E-state index is 0.142. The lowest BCUT2D eigenvalue weighted by atomic mass is 10.4. The van der Waals surface area contributed by atoms with Crippen LogP contribution in [0, 0.1) is 0 Å². The van der Waals surface area contributed by atoms with Crippen LogP contribution in [-0.2, 0) is 4.79 Å². The molecule has 1 fully saturated rings. The first-order valence-electron chi connectivity index (χ1n) is 5.75. The van der Waals surface area contributed by atoms with Crippen molar-refractivity contribution in [3.63, 3.8) is 0 Å². The summed E-state index contributed by atoms with van der Waals surface area (Å²) in [6.07, 6.45) is 2.22. The standard InChI is InChI=1S/C11H17N5O/c1-15(10-5-4-9(12)13-14-10)8-11(17)16-6-2-3-7-16/h4-5H,2-3,6-8H2,1H3,(H2,12,13). The van der Waals surface area contributed by atoms with Gasteiger partial charge < -0.3 is 15.5 Å². The maximum absolute atomic E-state index is 11.9. The topological polar surface area (TPSA) is 75.4 Å². The molecule has 92 valence electrons. The van der Waals surface area contributed by atoms with Crippen molar-refractivity contribution in [2.75, 3.05) is 37.3 Å². The number of amides is 1. The number of likely N-dealkylation sites (tertiary alicyclic amines) is 1. The quantitative estimate of drug-likeness (QED) is 0.805. The van der Waals surface area contributed by atoms with Crippen molar-refractivity contribution in [2.24, 2.45) is 0 Å². The average molecular weight is 235 g/mol. The van der Waals surface area contributed by atoms with Crippen molar-refractivity contribution in [2.45, 2.75) is 12.8 Å². The number of carbonyl (C=O) groups excluding carboxylic acids is 1. The molecule has 0 aliphatic carbocycles. The molecule has 0 aromatic carbocycles. The summed E-state index contributed by atoms with van der Waals surface area (Å²) >= 11 is 0. The molecular formula is C11H17N5O. The molecule has 2 N–H and O–H groups in total. The number of rotatable bonds is 3. The van der Waals surface area contributed by atoms with Crippen molar-refractivity contribution >= 4 is 17.5 Å². The molecule has 2 heterocycles. The molecule has 0 radical (unpaired) electrons. The highest BCUT2D eigenvalue weighted by Gasteiger charge is 2.19. The molecule has 17 heavy (non-hydrogen) atoms. The molecule has 0 bridgehead atoms. The Labute approximate surface area is 100 Å². The second-order valence-electron chi connectivity index (χ2n) is 4.26. The molecule has 0 spiro atoms. The van der Waals surface area contributed by atoms with E-state index in [1.165, 1.54) is 0 Å². The third kappa shape index (κ3) is 2.83. The van der Waals surface area contributed by atoms with Gasteiger partial charge >= 0.3 is 0 Å². The van der Waals surface area contributed by atoms with Crippen LogP contribution in [0.3, 0.4) is 0 Å². The minimum Gasteiger partial charge on any atom is -0.382 e. The molecule has 2 rings (SSSR count). The summed E-state index contributed by atoms with van der Waals surface area (Å²) in [5.74, 6) is 1.18. The molecule has 0 atom stereocenters. The van der Waals surface area contributed by atoms with Crippen LogP contribution in [0.4, 0.5) is 11.6 Å². The van der Waals surface area contributed by atoms with Crippen molar-refractivity contribution in [3.05, 3.63) is 12.1 Å². The van der Waals surface area contributed by atoms with Crippen LogP contribution in [0.5, 0.6) is 0 Å². The number of hydrogen-bond donors (Lipinski definition) is 1. The highest BCUT2D eigenvalue weighted by molar-refractivity contribution is 5.81. The molecule has 1 aromatic rings. The predicted octanol–water partition coefficient (Wildman–Crippen LogP) is 0.117. The van der Waals surface area contributed by atoms with E-state index in [0.717, 1.165) is 25.9 Å². The van der Waals surface area contributed by atoms with Crippen molar-refractivity contribution in [1.82, 2.24) is 15.1 Å². The van der Waals surface area contributed by atoms with Crippen molar-refractivity contribution in [1.29, 1.82) is 0 Å². The minimum absolute atomic E-state index is 0.142. The molecule has 1 amide bonds. The van der Waals surface area contributed by atoms with Crippen LogP contribution in [0.15, 0.2) is 12.1 Å². The number of nitrogens with two attached hydrogens (primary N) is 1. The Bertz CT molecular complexity index is 385.